The van der Waals surface area contributed by atoms with Gasteiger partial charge in [-0.2, -0.15) is 5.10 Å². The Morgan fingerprint density at radius 3 is 2.17 bits per heavy atom. The van der Waals surface area contributed by atoms with Gasteiger partial charge in [0.1, 0.15) is 5.82 Å². The van der Waals surface area contributed by atoms with E-state index in [4.69, 9.17) is 5.10 Å². The van der Waals surface area contributed by atoms with Crippen molar-refractivity contribution in [3.05, 3.63) is 76.0 Å². The second-order valence-corrected chi connectivity index (χ2v) is 9.63. The molecule has 194 valence electrons. The summed E-state index contributed by atoms with van der Waals surface area (Å²) in [5.41, 5.74) is 2.79. The Balaban J connectivity index is 1.75. The lowest BCUT2D eigenvalue weighted by Crippen LogP contribution is -2.26. The SMILES string of the molecule is CCCCCCCCn1nc(CCCCCC)n(Cc2ccc(-c3ccccc3C(=O)O)cc2)c1=O. The molecule has 6 nitrogen and oxygen atoms in total. The van der Waals surface area contributed by atoms with E-state index in [0.717, 1.165) is 49.1 Å². The summed E-state index contributed by atoms with van der Waals surface area (Å²) < 4.78 is 3.48. The van der Waals surface area contributed by atoms with Gasteiger partial charge in [-0.25, -0.2) is 14.3 Å². The number of hydrogen-bond acceptors (Lipinski definition) is 3. The van der Waals surface area contributed by atoms with Crippen LogP contribution in [0, 0.1) is 0 Å². The average molecular weight is 492 g/mol. The number of rotatable bonds is 16. The van der Waals surface area contributed by atoms with Crippen LogP contribution < -0.4 is 5.69 Å². The topological polar surface area (TPSA) is 77.1 Å². The maximum absolute atomic E-state index is 13.3. The highest BCUT2D eigenvalue weighted by Crippen LogP contribution is 2.24. The van der Waals surface area contributed by atoms with Crippen molar-refractivity contribution >= 4 is 5.97 Å². The first-order chi connectivity index (χ1) is 17.5. The fourth-order valence-corrected chi connectivity index (χ4v) is 4.62. The van der Waals surface area contributed by atoms with Crippen LogP contribution in [0.25, 0.3) is 11.1 Å². The molecule has 0 aliphatic carbocycles. The first-order valence-corrected chi connectivity index (χ1v) is 13.6. The number of aryl methyl sites for hydroxylation is 2. The van der Waals surface area contributed by atoms with Crippen molar-refractivity contribution in [2.24, 2.45) is 0 Å². The highest BCUT2D eigenvalue weighted by molar-refractivity contribution is 5.95. The quantitative estimate of drug-likeness (QED) is 0.220. The summed E-state index contributed by atoms with van der Waals surface area (Å²) in [5.74, 6) is -0.0749. The molecule has 0 unspecified atom stereocenters. The van der Waals surface area contributed by atoms with E-state index >= 15 is 0 Å². The summed E-state index contributed by atoms with van der Waals surface area (Å²) in [6.07, 6.45) is 12.5. The summed E-state index contributed by atoms with van der Waals surface area (Å²) in [7, 11) is 0. The molecule has 1 N–H and O–H groups in total. The van der Waals surface area contributed by atoms with E-state index in [1.54, 1.807) is 16.8 Å². The van der Waals surface area contributed by atoms with Crippen molar-refractivity contribution in [2.75, 3.05) is 0 Å². The highest BCUT2D eigenvalue weighted by atomic mass is 16.4. The van der Waals surface area contributed by atoms with Gasteiger partial charge in [0.05, 0.1) is 12.1 Å². The Hall–Kier alpha value is -3.15. The molecule has 0 aliphatic rings. The van der Waals surface area contributed by atoms with Crippen molar-refractivity contribution in [2.45, 2.75) is 97.6 Å². The molecule has 0 aliphatic heterocycles. The summed E-state index contributed by atoms with van der Waals surface area (Å²) in [5, 5.41) is 14.2. The zero-order valence-corrected chi connectivity index (χ0v) is 21.9. The lowest BCUT2D eigenvalue weighted by Gasteiger charge is -2.09. The minimum Gasteiger partial charge on any atom is -0.478 e. The molecule has 0 radical (unpaired) electrons. The van der Waals surface area contributed by atoms with E-state index < -0.39 is 5.97 Å². The minimum absolute atomic E-state index is 0.0330. The van der Waals surface area contributed by atoms with Crippen LogP contribution in [0.15, 0.2) is 53.3 Å². The maximum Gasteiger partial charge on any atom is 0.346 e. The second-order valence-electron chi connectivity index (χ2n) is 9.63. The summed E-state index contributed by atoms with van der Waals surface area (Å²) in [6.45, 7) is 5.56. The molecule has 3 aromatic rings. The normalized spacial score (nSPS) is 11.2. The molecule has 0 atom stereocenters. The van der Waals surface area contributed by atoms with E-state index in [0.29, 0.717) is 18.7 Å². The Kier molecular flexibility index (Phi) is 11.0. The summed E-state index contributed by atoms with van der Waals surface area (Å²) >= 11 is 0. The van der Waals surface area contributed by atoms with Crippen molar-refractivity contribution in [3.8, 4) is 11.1 Å². The van der Waals surface area contributed by atoms with Crippen LogP contribution in [0.5, 0.6) is 0 Å². The highest BCUT2D eigenvalue weighted by Gasteiger charge is 2.15. The molecular weight excluding hydrogens is 450 g/mol. The van der Waals surface area contributed by atoms with Crippen LogP contribution in [0.4, 0.5) is 0 Å². The monoisotopic (exact) mass is 491 g/mol. The van der Waals surface area contributed by atoms with Gasteiger partial charge in [0.15, 0.2) is 0 Å². The molecule has 1 heterocycles. The third kappa shape index (κ3) is 7.67. The van der Waals surface area contributed by atoms with Crippen LogP contribution in [0.3, 0.4) is 0 Å². The minimum atomic E-state index is -0.938. The number of nitrogens with zero attached hydrogens (tertiary/aromatic N) is 3. The third-order valence-corrected chi connectivity index (χ3v) is 6.74. The van der Waals surface area contributed by atoms with Gasteiger partial charge in [0.25, 0.3) is 0 Å². The maximum atomic E-state index is 13.3. The zero-order valence-electron chi connectivity index (χ0n) is 21.9. The number of carboxylic acids is 1. The van der Waals surface area contributed by atoms with Gasteiger partial charge in [-0.1, -0.05) is 108 Å². The Morgan fingerprint density at radius 2 is 1.47 bits per heavy atom. The Morgan fingerprint density at radius 1 is 0.833 bits per heavy atom. The number of aromatic carboxylic acids is 1. The number of carbonyl (C=O) groups is 1. The molecule has 36 heavy (non-hydrogen) atoms. The molecule has 0 fully saturated rings. The average Bonchev–Trinajstić information content (AvgIpc) is 3.18. The van der Waals surface area contributed by atoms with E-state index in [-0.39, 0.29) is 11.3 Å². The molecule has 0 saturated carbocycles. The van der Waals surface area contributed by atoms with E-state index in [9.17, 15) is 14.7 Å². The predicted octanol–water partition coefficient (Wildman–Crippen LogP) is 6.94. The lowest BCUT2D eigenvalue weighted by atomic mass is 9.99. The van der Waals surface area contributed by atoms with Gasteiger partial charge >= 0.3 is 11.7 Å². The van der Waals surface area contributed by atoms with Crippen molar-refractivity contribution < 1.29 is 9.90 Å². The predicted molar refractivity (Wildman–Crippen MR) is 146 cm³/mol. The largest absolute Gasteiger partial charge is 0.478 e. The van der Waals surface area contributed by atoms with Crippen LogP contribution in [-0.2, 0) is 19.5 Å². The second kappa shape index (κ2) is 14.4. The summed E-state index contributed by atoms with van der Waals surface area (Å²) in [6, 6.07) is 14.8. The van der Waals surface area contributed by atoms with Crippen molar-refractivity contribution in [3.63, 3.8) is 0 Å². The molecule has 0 amide bonds. The van der Waals surface area contributed by atoms with E-state index in [2.05, 4.69) is 13.8 Å². The Bertz CT molecular complexity index is 1140. The van der Waals surface area contributed by atoms with Crippen LogP contribution in [-0.4, -0.2) is 25.4 Å². The van der Waals surface area contributed by atoms with Gasteiger partial charge in [-0.3, -0.25) is 4.57 Å². The lowest BCUT2D eigenvalue weighted by molar-refractivity contribution is 0.0697. The molecule has 6 heteroatoms. The fraction of sp³-hybridized carbons (Fsp3) is 0.500. The number of hydrogen-bond donors (Lipinski definition) is 1. The Labute approximate surface area is 215 Å². The van der Waals surface area contributed by atoms with E-state index in [1.807, 2.05) is 41.0 Å². The van der Waals surface area contributed by atoms with E-state index in [1.165, 1.54) is 38.5 Å². The molecule has 2 aromatic carbocycles. The molecule has 0 saturated heterocycles. The molecule has 0 bridgehead atoms. The molecular formula is C30H41N3O3. The first kappa shape index (κ1) is 27.4. The van der Waals surface area contributed by atoms with Crippen LogP contribution in [0.2, 0.25) is 0 Å². The number of unbranched alkanes of at least 4 members (excludes halogenated alkanes) is 8. The number of aromatic nitrogens is 3. The fourth-order valence-electron chi connectivity index (χ4n) is 4.62. The molecule has 3 rings (SSSR count). The van der Waals surface area contributed by atoms with Gasteiger partial charge in [-0.05, 0) is 35.6 Å². The number of carboxylic acid groups (broad SMARTS) is 1. The molecule has 1 aromatic heterocycles. The van der Waals surface area contributed by atoms with Crippen molar-refractivity contribution in [1.29, 1.82) is 0 Å². The van der Waals surface area contributed by atoms with Gasteiger partial charge < -0.3 is 5.11 Å². The van der Waals surface area contributed by atoms with Crippen molar-refractivity contribution in [1.82, 2.24) is 14.3 Å². The first-order valence-electron chi connectivity index (χ1n) is 13.6. The standard InChI is InChI=1S/C30H41N3O3/c1-3-5-7-9-10-14-22-33-30(36)32(28(31-33)17-11-8-6-4-2)23-24-18-20-25(21-19-24)26-15-12-13-16-27(26)29(34)35/h12-13,15-16,18-21H,3-11,14,17,22-23H2,1-2H3,(H,34,35). The van der Waals surface area contributed by atoms with Gasteiger partial charge in [0, 0.05) is 13.0 Å². The third-order valence-electron chi connectivity index (χ3n) is 6.74. The smallest absolute Gasteiger partial charge is 0.346 e. The summed E-state index contributed by atoms with van der Waals surface area (Å²) in [4.78, 5) is 24.9. The zero-order chi connectivity index (χ0) is 25.8. The number of benzene rings is 2. The van der Waals surface area contributed by atoms with Crippen LogP contribution in [0.1, 0.15) is 99.8 Å². The van der Waals surface area contributed by atoms with Gasteiger partial charge in [0.2, 0.25) is 0 Å². The van der Waals surface area contributed by atoms with Gasteiger partial charge in [-0.15, -0.1) is 0 Å². The molecule has 0 spiro atoms. The van der Waals surface area contributed by atoms with Crippen LogP contribution >= 0.6 is 0 Å².